The van der Waals surface area contributed by atoms with Gasteiger partial charge in [0.1, 0.15) is 23.1 Å². The lowest BCUT2D eigenvalue weighted by atomic mass is 10.0. The Morgan fingerprint density at radius 2 is 2.00 bits per heavy atom. The van der Waals surface area contributed by atoms with E-state index in [0.717, 1.165) is 11.6 Å². The van der Waals surface area contributed by atoms with E-state index in [2.05, 4.69) is 10.1 Å². The lowest BCUT2D eigenvalue weighted by Gasteiger charge is -2.05. The molecule has 0 atom stereocenters. The molecule has 21 heavy (non-hydrogen) atoms. The number of halogens is 2. The molecule has 6 heteroatoms. The number of hydrogen-bond donors (Lipinski definition) is 1. The molecule has 0 aliphatic heterocycles. The second-order valence-corrected chi connectivity index (χ2v) is 4.60. The molecule has 2 N–H and O–H groups in total. The Labute approximate surface area is 119 Å². The van der Waals surface area contributed by atoms with Gasteiger partial charge in [0.15, 0.2) is 0 Å². The summed E-state index contributed by atoms with van der Waals surface area (Å²) in [6.07, 6.45) is 3.26. The summed E-state index contributed by atoms with van der Waals surface area (Å²) in [5, 5.41) is 4.25. The van der Waals surface area contributed by atoms with Crippen LogP contribution in [-0.2, 0) is 7.05 Å². The molecule has 0 aliphatic carbocycles. The van der Waals surface area contributed by atoms with Crippen molar-refractivity contribution < 1.29 is 8.78 Å². The van der Waals surface area contributed by atoms with Crippen molar-refractivity contribution >= 4 is 5.82 Å². The molecule has 0 aliphatic rings. The molecule has 0 fully saturated rings. The van der Waals surface area contributed by atoms with Gasteiger partial charge in [0.2, 0.25) is 0 Å². The summed E-state index contributed by atoms with van der Waals surface area (Å²) in [4.78, 5) is 4.04. The predicted molar refractivity (Wildman–Crippen MR) is 76.2 cm³/mol. The van der Waals surface area contributed by atoms with Crippen LogP contribution in [0.5, 0.6) is 0 Å². The van der Waals surface area contributed by atoms with Crippen molar-refractivity contribution in [2.24, 2.45) is 7.05 Å². The van der Waals surface area contributed by atoms with Crippen LogP contribution in [0.15, 0.2) is 42.7 Å². The average Bonchev–Trinajstić information content (AvgIpc) is 2.75. The van der Waals surface area contributed by atoms with Gasteiger partial charge in [-0.2, -0.15) is 5.10 Å². The maximum Gasteiger partial charge on any atom is 0.135 e. The number of hydrogen-bond acceptors (Lipinski definition) is 3. The highest BCUT2D eigenvalue weighted by Crippen LogP contribution is 2.36. The fourth-order valence-electron chi connectivity index (χ4n) is 2.20. The number of pyridine rings is 1. The van der Waals surface area contributed by atoms with Gasteiger partial charge >= 0.3 is 0 Å². The Bertz CT molecular complexity index is 797. The van der Waals surface area contributed by atoms with Crippen molar-refractivity contribution in [2.45, 2.75) is 0 Å². The smallest absolute Gasteiger partial charge is 0.135 e. The first kappa shape index (κ1) is 13.2. The molecular weight excluding hydrogens is 274 g/mol. The van der Waals surface area contributed by atoms with Crippen LogP contribution in [0.4, 0.5) is 14.6 Å². The summed E-state index contributed by atoms with van der Waals surface area (Å²) in [6, 6.07) is 6.94. The number of aromatic nitrogens is 3. The summed E-state index contributed by atoms with van der Waals surface area (Å²) < 4.78 is 28.6. The standard InChI is InChI=1S/C15H12F2N4/c1-21-15(18)13(9-3-2-6-19-8-9)14(20-21)11-5-4-10(16)7-12(11)17/h2-8H,18H2,1H3. The molecule has 3 rings (SSSR count). The molecule has 0 spiro atoms. The van der Waals surface area contributed by atoms with Crippen molar-refractivity contribution in [1.82, 2.24) is 14.8 Å². The quantitative estimate of drug-likeness (QED) is 0.788. The lowest BCUT2D eigenvalue weighted by Crippen LogP contribution is -1.98. The number of nitrogens with zero attached hydrogens (tertiary/aromatic N) is 3. The number of anilines is 1. The molecule has 0 amide bonds. The van der Waals surface area contributed by atoms with Crippen molar-refractivity contribution in [2.75, 3.05) is 5.73 Å². The van der Waals surface area contributed by atoms with E-state index in [9.17, 15) is 8.78 Å². The summed E-state index contributed by atoms with van der Waals surface area (Å²) >= 11 is 0. The largest absolute Gasteiger partial charge is 0.383 e. The van der Waals surface area contributed by atoms with Gasteiger partial charge in [0.25, 0.3) is 0 Å². The van der Waals surface area contributed by atoms with Crippen LogP contribution in [0.1, 0.15) is 0 Å². The van der Waals surface area contributed by atoms with Crippen molar-refractivity contribution in [3.05, 3.63) is 54.4 Å². The van der Waals surface area contributed by atoms with Crippen molar-refractivity contribution in [3.8, 4) is 22.4 Å². The third-order valence-electron chi connectivity index (χ3n) is 3.23. The van der Waals surface area contributed by atoms with Gasteiger partial charge in [0, 0.05) is 36.6 Å². The van der Waals surface area contributed by atoms with Gasteiger partial charge in [-0.1, -0.05) is 6.07 Å². The van der Waals surface area contributed by atoms with E-state index in [1.807, 2.05) is 6.07 Å². The summed E-state index contributed by atoms with van der Waals surface area (Å²) in [6.45, 7) is 0. The van der Waals surface area contributed by atoms with Crippen LogP contribution in [0.2, 0.25) is 0 Å². The molecule has 2 aromatic heterocycles. The fraction of sp³-hybridized carbons (Fsp3) is 0.0667. The fourth-order valence-corrected chi connectivity index (χ4v) is 2.20. The molecule has 1 aromatic carbocycles. The van der Waals surface area contributed by atoms with Gasteiger partial charge in [-0.05, 0) is 18.2 Å². The van der Waals surface area contributed by atoms with E-state index < -0.39 is 11.6 Å². The van der Waals surface area contributed by atoms with Gasteiger partial charge in [-0.25, -0.2) is 8.78 Å². The second kappa shape index (κ2) is 4.97. The number of rotatable bonds is 2. The average molecular weight is 286 g/mol. The van der Waals surface area contributed by atoms with E-state index in [1.54, 1.807) is 25.5 Å². The molecule has 0 saturated heterocycles. The molecule has 0 unspecified atom stereocenters. The zero-order chi connectivity index (χ0) is 15.0. The molecule has 106 valence electrons. The van der Waals surface area contributed by atoms with Gasteiger partial charge in [-0.3, -0.25) is 9.67 Å². The first-order chi connectivity index (χ1) is 10.1. The Kier molecular flexibility index (Phi) is 3.13. The van der Waals surface area contributed by atoms with Crippen LogP contribution in [0.25, 0.3) is 22.4 Å². The van der Waals surface area contributed by atoms with Crippen LogP contribution in [0.3, 0.4) is 0 Å². The van der Waals surface area contributed by atoms with Crippen molar-refractivity contribution in [3.63, 3.8) is 0 Å². The number of nitrogen functional groups attached to an aromatic ring is 1. The molecule has 0 radical (unpaired) electrons. The van der Waals surface area contributed by atoms with E-state index in [0.29, 0.717) is 17.1 Å². The third-order valence-corrected chi connectivity index (χ3v) is 3.23. The lowest BCUT2D eigenvalue weighted by molar-refractivity contribution is 0.585. The van der Waals surface area contributed by atoms with Crippen LogP contribution in [0, 0.1) is 11.6 Å². The zero-order valence-electron chi connectivity index (χ0n) is 11.2. The van der Waals surface area contributed by atoms with Gasteiger partial charge in [-0.15, -0.1) is 0 Å². The van der Waals surface area contributed by atoms with E-state index in [-0.39, 0.29) is 5.56 Å². The Morgan fingerprint density at radius 1 is 1.19 bits per heavy atom. The topological polar surface area (TPSA) is 56.7 Å². The van der Waals surface area contributed by atoms with Gasteiger partial charge < -0.3 is 5.73 Å². The van der Waals surface area contributed by atoms with Crippen LogP contribution in [-0.4, -0.2) is 14.8 Å². The maximum absolute atomic E-state index is 14.0. The molecule has 2 heterocycles. The third kappa shape index (κ3) is 2.24. The Balaban J connectivity index is 2.27. The molecular formula is C15H12F2N4. The normalized spacial score (nSPS) is 10.8. The number of aryl methyl sites for hydroxylation is 1. The summed E-state index contributed by atoms with van der Waals surface area (Å²) in [5.74, 6) is -0.928. The van der Waals surface area contributed by atoms with Gasteiger partial charge in [0.05, 0.1) is 5.56 Å². The van der Waals surface area contributed by atoms with Crippen LogP contribution >= 0.6 is 0 Å². The van der Waals surface area contributed by atoms with Crippen molar-refractivity contribution in [1.29, 1.82) is 0 Å². The Morgan fingerprint density at radius 3 is 2.67 bits per heavy atom. The Hall–Kier alpha value is -2.76. The first-order valence-corrected chi connectivity index (χ1v) is 6.26. The maximum atomic E-state index is 14.0. The highest BCUT2D eigenvalue weighted by Gasteiger charge is 2.20. The zero-order valence-corrected chi connectivity index (χ0v) is 11.2. The SMILES string of the molecule is Cn1nc(-c2ccc(F)cc2F)c(-c2cccnc2)c1N. The summed E-state index contributed by atoms with van der Waals surface area (Å²) in [5.41, 5.74) is 7.89. The summed E-state index contributed by atoms with van der Waals surface area (Å²) in [7, 11) is 1.67. The minimum atomic E-state index is -0.682. The highest BCUT2D eigenvalue weighted by atomic mass is 19.1. The highest BCUT2D eigenvalue weighted by molar-refractivity contribution is 5.87. The van der Waals surface area contributed by atoms with E-state index in [4.69, 9.17) is 5.73 Å². The van der Waals surface area contributed by atoms with Crippen LogP contribution < -0.4 is 5.73 Å². The van der Waals surface area contributed by atoms with E-state index >= 15 is 0 Å². The minimum absolute atomic E-state index is 0.197. The molecule has 4 nitrogen and oxygen atoms in total. The monoisotopic (exact) mass is 286 g/mol. The molecule has 0 saturated carbocycles. The molecule has 0 bridgehead atoms. The minimum Gasteiger partial charge on any atom is -0.383 e. The number of nitrogens with two attached hydrogens (primary N) is 1. The first-order valence-electron chi connectivity index (χ1n) is 6.26. The molecule has 3 aromatic rings. The van der Waals surface area contributed by atoms with E-state index in [1.165, 1.54) is 16.8 Å². The number of benzene rings is 1. The second-order valence-electron chi connectivity index (χ2n) is 4.60. The predicted octanol–water partition coefficient (Wildman–Crippen LogP) is 3.01.